The number of thiophene rings is 1. The maximum atomic E-state index is 12.2. The Kier molecular flexibility index (Phi) is 4.17. The molecule has 0 radical (unpaired) electrons. The van der Waals surface area contributed by atoms with Gasteiger partial charge in [0.2, 0.25) is 0 Å². The highest BCUT2D eigenvalue weighted by atomic mass is 79.9. The summed E-state index contributed by atoms with van der Waals surface area (Å²) in [4.78, 5) is 11.2. The van der Waals surface area contributed by atoms with E-state index in [1.165, 1.54) is 12.1 Å². The molecule has 8 heteroatoms. The Morgan fingerprint density at radius 3 is 2.55 bits per heavy atom. The van der Waals surface area contributed by atoms with E-state index in [4.69, 9.17) is 5.11 Å². The van der Waals surface area contributed by atoms with Crippen LogP contribution in [-0.2, 0) is 10.0 Å². The second-order valence-corrected chi connectivity index (χ2v) is 8.34. The van der Waals surface area contributed by atoms with Gasteiger partial charge in [-0.2, -0.15) is 0 Å². The first-order chi connectivity index (χ1) is 9.31. The Balaban J connectivity index is 2.47. The van der Waals surface area contributed by atoms with Gasteiger partial charge < -0.3 is 5.11 Å². The molecule has 0 spiro atoms. The van der Waals surface area contributed by atoms with Crippen LogP contribution in [0.5, 0.6) is 0 Å². The van der Waals surface area contributed by atoms with Gasteiger partial charge in [0, 0.05) is 0 Å². The summed E-state index contributed by atoms with van der Waals surface area (Å²) in [5.41, 5.74) is 0.554. The Morgan fingerprint density at radius 1 is 1.30 bits per heavy atom. The van der Waals surface area contributed by atoms with Gasteiger partial charge in [0.05, 0.1) is 15.0 Å². The number of rotatable bonds is 4. The minimum atomic E-state index is -3.80. The first-order valence-electron chi connectivity index (χ1n) is 5.42. The van der Waals surface area contributed by atoms with Gasteiger partial charge in [0.15, 0.2) is 0 Å². The molecule has 1 aromatic carbocycles. The number of carboxylic acids is 1. The number of aromatic carboxylic acids is 1. The van der Waals surface area contributed by atoms with Gasteiger partial charge in [-0.05, 0) is 46.6 Å². The van der Waals surface area contributed by atoms with Crippen LogP contribution < -0.4 is 4.72 Å². The van der Waals surface area contributed by atoms with Crippen LogP contribution in [0.3, 0.4) is 0 Å². The fraction of sp³-hybridized carbons (Fsp3) is 0.0833. The molecule has 0 aliphatic rings. The van der Waals surface area contributed by atoms with Gasteiger partial charge in [-0.25, -0.2) is 13.2 Å². The number of anilines is 1. The van der Waals surface area contributed by atoms with Gasteiger partial charge in [-0.15, -0.1) is 11.3 Å². The van der Waals surface area contributed by atoms with Gasteiger partial charge in [-0.3, -0.25) is 4.72 Å². The molecule has 1 heterocycles. The summed E-state index contributed by atoms with van der Waals surface area (Å²) in [6, 6.07) is 7.65. The normalized spacial score (nSPS) is 11.3. The van der Waals surface area contributed by atoms with Gasteiger partial charge >= 0.3 is 5.97 Å². The van der Waals surface area contributed by atoms with Crippen molar-refractivity contribution in [1.82, 2.24) is 0 Å². The number of carbonyl (C=O) groups is 1. The molecule has 0 amide bonds. The number of benzene rings is 1. The lowest BCUT2D eigenvalue weighted by Crippen LogP contribution is -2.15. The van der Waals surface area contributed by atoms with E-state index in [0.29, 0.717) is 9.35 Å². The SMILES string of the molecule is Cc1cccc(C(=O)O)c1NS(=O)(=O)c1ccc(Br)s1. The number of hydrogen-bond donors (Lipinski definition) is 2. The molecule has 2 rings (SSSR count). The number of sulfonamides is 1. The van der Waals surface area contributed by atoms with Crippen molar-refractivity contribution in [2.24, 2.45) is 0 Å². The first kappa shape index (κ1) is 15.0. The van der Waals surface area contributed by atoms with E-state index in [9.17, 15) is 13.2 Å². The largest absolute Gasteiger partial charge is 0.478 e. The summed E-state index contributed by atoms with van der Waals surface area (Å²) in [5, 5.41) is 9.12. The van der Waals surface area contributed by atoms with Crippen molar-refractivity contribution in [3.8, 4) is 0 Å². The van der Waals surface area contributed by atoms with Crippen LogP contribution in [-0.4, -0.2) is 19.5 Å². The molecule has 2 N–H and O–H groups in total. The minimum absolute atomic E-state index is 0.0794. The number of carboxylic acid groups (broad SMARTS) is 1. The van der Waals surface area contributed by atoms with Gasteiger partial charge in [-0.1, -0.05) is 12.1 Å². The fourth-order valence-electron chi connectivity index (χ4n) is 1.61. The lowest BCUT2D eigenvalue weighted by molar-refractivity contribution is 0.0698. The summed E-state index contributed by atoms with van der Waals surface area (Å²) in [6.45, 7) is 1.65. The highest BCUT2D eigenvalue weighted by molar-refractivity contribution is 9.11. The van der Waals surface area contributed by atoms with E-state index in [-0.39, 0.29) is 15.5 Å². The third-order valence-corrected chi connectivity index (χ3v) is 6.02. The van der Waals surface area contributed by atoms with Gasteiger partial charge in [0.25, 0.3) is 10.0 Å². The summed E-state index contributed by atoms with van der Waals surface area (Å²) in [6.07, 6.45) is 0. The third-order valence-electron chi connectivity index (χ3n) is 2.55. The molecular weight excluding hydrogens is 366 g/mol. The number of hydrogen-bond acceptors (Lipinski definition) is 4. The third kappa shape index (κ3) is 3.02. The summed E-state index contributed by atoms with van der Waals surface area (Å²) in [7, 11) is -3.80. The molecule has 106 valence electrons. The predicted octanol–water partition coefficient (Wildman–Crippen LogP) is 3.32. The predicted molar refractivity (Wildman–Crippen MR) is 81.0 cm³/mol. The number of aryl methyl sites for hydroxylation is 1. The van der Waals surface area contributed by atoms with Crippen LogP contribution in [0.4, 0.5) is 5.69 Å². The highest BCUT2D eigenvalue weighted by Gasteiger charge is 2.21. The quantitative estimate of drug-likeness (QED) is 0.858. The number of para-hydroxylation sites is 1. The van der Waals surface area contributed by atoms with E-state index in [1.54, 1.807) is 25.1 Å². The maximum absolute atomic E-state index is 12.2. The molecule has 2 aromatic rings. The van der Waals surface area contributed by atoms with Crippen LogP contribution in [0.25, 0.3) is 0 Å². The van der Waals surface area contributed by atoms with Crippen molar-refractivity contribution in [1.29, 1.82) is 0 Å². The van der Waals surface area contributed by atoms with Crippen LogP contribution in [0, 0.1) is 6.92 Å². The van der Waals surface area contributed by atoms with Crippen LogP contribution in [0.2, 0.25) is 0 Å². The molecule has 20 heavy (non-hydrogen) atoms. The monoisotopic (exact) mass is 375 g/mol. The second-order valence-electron chi connectivity index (χ2n) is 3.97. The van der Waals surface area contributed by atoms with Crippen LogP contribution in [0.15, 0.2) is 38.3 Å². The Labute approximate surface area is 128 Å². The Hall–Kier alpha value is -1.38. The van der Waals surface area contributed by atoms with E-state index < -0.39 is 16.0 Å². The van der Waals surface area contributed by atoms with Crippen molar-refractivity contribution in [3.63, 3.8) is 0 Å². The molecule has 1 aromatic heterocycles. The molecular formula is C12H10BrNO4S2. The molecule has 0 fully saturated rings. The smallest absolute Gasteiger partial charge is 0.337 e. The molecule has 0 aliphatic carbocycles. The zero-order valence-electron chi connectivity index (χ0n) is 10.3. The van der Waals surface area contributed by atoms with Crippen molar-refractivity contribution in [2.75, 3.05) is 4.72 Å². The average molecular weight is 376 g/mol. The Morgan fingerprint density at radius 2 is 2.00 bits per heavy atom. The molecule has 0 bridgehead atoms. The zero-order chi connectivity index (χ0) is 14.9. The molecule has 5 nitrogen and oxygen atoms in total. The Bertz CT molecular complexity index is 768. The van der Waals surface area contributed by atoms with E-state index >= 15 is 0 Å². The second kappa shape index (κ2) is 5.55. The summed E-state index contributed by atoms with van der Waals surface area (Å²) in [5.74, 6) is -1.18. The lowest BCUT2D eigenvalue weighted by atomic mass is 10.1. The molecule has 0 saturated heterocycles. The van der Waals surface area contributed by atoms with Gasteiger partial charge in [0.1, 0.15) is 4.21 Å². The van der Waals surface area contributed by atoms with E-state index in [0.717, 1.165) is 11.3 Å². The molecule has 0 atom stereocenters. The molecule has 0 unspecified atom stereocenters. The standard InChI is InChI=1S/C12H10BrNO4S2/c1-7-3-2-4-8(12(15)16)11(7)14-20(17,18)10-6-5-9(13)19-10/h2-6,14H,1H3,(H,15,16). The highest BCUT2D eigenvalue weighted by Crippen LogP contribution is 2.29. The average Bonchev–Trinajstić information content (AvgIpc) is 2.79. The number of halogens is 1. The molecule has 0 aliphatic heterocycles. The number of nitrogens with one attached hydrogen (secondary N) is 1. The maximum Gasteiger partial charge on any atom is 0.337 e. The van der Waals surface area contributed by atoms with Crippen molar-refractivity contribution in [3.05, 3.63) is 45.2 Å². The summed E-state index contributed by atoms with van der Waals surface area (Å²) < 4.78 is 27.6. The zero-order valence-corrected chi connectivity index (χ0v) is 13.5. The van der Waals surface area contributed by atoms with Crippen molar-refractivity contribution in [2.45, 2.75) is 11.1 Å². The summed E-state index contributed by atoms with van der Waals surface area (Å²) >= 11 is 4.25. The molecule has 0 saturated carbocycles. The lowest BCUT2D eigenvalue weighted by Gasteiger charge is -2.12. The van der Waals surface area contributed by atoms with Crippen LogP contribution in [0.1, 0.15) is 15.9 Å². The van der Waals surface area contributed by atoms with E-state index in [2.05, 4.69) is 20.7 Å². The fourth-order valence-corrected chi connectivity index (χ4v) is 4.77. The first-order valence-corrected chi connectivity index (χ1v) is 8.51. The minimum Gasteiger partial charge on any atom is -0.478 e. The van der Waals surface area contributed by atoms with Crippen molar-refractivity contribution >= 4 is 48.9 Å². The van der Waals surface area contributed by atoms with Crippen LogP contribution >= 0.6 is 27.3 Å². The van der Waals surface area contributed by atoms with Crippen molar-refractivity contribution < 1.29 is 18.3 Å². The van der Waals surface area contributed by atoms with E-state index in [1.807, 2.05) is 0 Å². The topological polar surface area (TPSA) is 83.5 Å².